The molecule has 0 N–H and O–H groups in total. The van der Waals surface area contributed by atoms with Gasteiger partial charge in [0, 0.05) is 44.9 Å². The Hall–Kier alpha value is -5.30. The van der Waals surface area contributed by atoms with Gasteiger partial charge < -0.3 is 4.74 Å². The van der Waals surface area contributed by atoms with Gasteiger partial charge in [-0.3, -0.25) is 14.0 Å². The van der Waals surface area contributed by atoms with Crippen LogP contribution in [0.4, 0.5) is 0 Å². The second kappa shape index (κ2) is 8.85. The number of pyridine rings is 3. The van der Waals surface area contributed by atoms with Crippen LogP contribution in [0.1, 0.15) is 32.3 Å². The summed E-state index contributed by atoms with van der Waals surface area (Å²) in [7, 11) is 0. The van der Waals surface area contributed by atoms with Gasteiger partial charge in [-0.2, -0.15) is 0 Å². The molecule has 8 aromatic rings. The quantitative estimate of drug-likeness (QED) is 0.208. The van der Waals surface area contributed by atoms with E-state index in [0.717, 1.165) is 72.7 Å². The molecule has 0 atom stereocenters. The fraction of sp³-hybridized carbons (Fsp3) is 0.143. The smallest absolute Gasteiger partial charge is 0.169 e. The molecule has 0 bridgehead atoms. The molecule has 0 saturated heterocycles. The number of benzene rings is 3. The van der Waals surface area contributed by atoms with E-state index in [-0.39, 0.29) is 5.41 Å². The zero-order valence-electron chi connectivity index (χ0n) is 23.8. The summed E-state index contributed by atoms with van der Waals surface area (Å²) >= 11 is 0. The minimum Gasteiger partial charge on any atom is -0.457 e. The lowest BCUT2D eigenvalue weighted by molar-refractivity contribution is 0.484. The maximum Gasteiger partial charge on any atom is 0.169 e. The predicted molar refractivity (Wildman–Crippen MR) is 168 cm³/mol. The zero-order valence-corrected chi connectivity index (χ0v) is 23.8. The highest BCUT2D eigenvalue weighted by Crippen LogP contribution is 2.37. The van der Waals surface area contributed by atoms with E-state index in [9.17, 15) is 0 Å². The number of aromatic nitrogens is 6. The Morgan fingerprint density at radius 2 is 1.43 bits per heavy atom. The molecule has 0 unspecified atom stereocenters. The average molecular weight is 549 g/mol. The van der Waals surface area contributed by atoms with Crippen LogP contribution in [0.25, 0.3) is 55.1 Å². The average Bonchev–Trinajstić information content (AvgIpc) is 3.58. The highest BCUT2D eigenvalue weighted by Gasteiger charge is 2.24. The third-order valence-corrected chi connectivity index (χ3v) is 7.83. The maximum atomic E-state index is 6.53. The van der Waals surface area contributed by atoms with Crippen LogP contribution in [0, 0.1) is 6.92 Å². The van der Waals surface area contributed by atoms with Crippen molar-refractivity contribution in [3.8, 4) is 17.3 Å². The van der Waals surface area contributed by atoms with Crippen molar-refractivity contribution in [1.82, 2.24) is 29.1 Å². The van der Waals surface area contributed by atoms with Crippen molar-refractivity contribution in [2.24, 2.45) is 0 Å². The molecule has 42 heavy (non-hydrogen) atoms. The van der Waals surface area contributed by atoms with Gasteiger partial charge in [-0.1, -0.05) is 45.0 Å². The summed E-state index contributed by atoms with van der Waals surface area (Å²) in [6, 6.07) is 30.9. The second-order valence-corrected chi connectivity index (χ2v) is 11.8. The zero-order chi connectivity index (χ0) is 28.6. The SMILES string of the molecule is Cc1ccc2c(n1)c1ccc(Oc3ccc4c5ccccc5n(-c5ccccn5)c4c3)cc1c1nnc(C(C)(C)C)n21. The normalized spacial score (nSPS) is 12.3. The first-order chi connectivity index (χ1) is 20.4. The molecule has 0 fully saturated rings. The summed E-state index contributed by atoms with van der Waals surface area (Å²) in [5, 5.41) is 13.6. The van der Waals surface area contributed by atoms with E-state index < -0.39 is 0 Å². The van der Waals surface area contributed by atoms with Crippen LogP contribution in [0.15, 0.2) is 97.2 Å². The highest BCUT2D eigenvalue weighted by atomic mass is 16.5. The molecular weight excluding hydrogens is 520 g/mol. The van der Waals surface area contributed by atoms with E-state index in [1.54, 1.807) is 0 Å². The van der Waals surface area contributed by atoms with Gasteiger partial charge in [-0.15, -0.1) is 10.2 Å². The van der Waals surface area contributed by atoms with E-state index >= 15 is 0 Å². The number of hydrogen-bond donors (Lipinski definition) is 0. The first-order valence-electron chi connectivity index (χ1n) is 14.1. The summed E-state index contributed by atoms with van der Waals surface area (Å²) in [6.45, 7) is 8.48. The van der Waals surface area contributed by atoms with Crippen molar-refractivity contribution in [3.05, 3.63) is 109 Å². The number of rotatable bonds is 3. The van der Waals surface area contributed by atoms with Crippen LogP contribution in [0.5, 0.6) is 11.5 Å². The Balaban J connectivity index is 1.31. The Labute approximate surface area is 242 Å². The highest BCUT2D eigenvalue weighted by molar-refractivity contribution is 6.11. The van der Waals surface area contributed by atoms with Gasteiger partial charge >= 0.3 is 0 Å². The predicted octanol–water partition coefficient (Wildman–Crippen LogP) is 8.32. The van der Waals surface area contributed by atoms with Gasteiger partial charge in [-0.05, 0) is 67.6 Å². The third kappa shape index (κ3) is 3.66. The number of aryl methyl sites for hydroxylation is 1. The lowest BCUT2D eigenvalue weighted by atomic mass is 9.95. The first-order valence-corrected chi connectivity index (χ1v) is 14.1. The number of nitrogens with zero attached hydrogens (tertiary/aromatic N) is 6. The summed E-state index contributed by atoms with van der Waals surface area (Å²) in [4.78, 5) is 9.59. The molecule has 0 spiro atoms. The van der Waals surface area contributed by atoms with Gasteiger partial charge in [0.15, 0.2) is 5.65 Å². The van der Waals surface area contributed by atoms with Crippen molar-refractivity contribution < 1.29 is 4.74 Å². The summed E-state index contributed by atoms with van der Waals surface area (Å²) in [5.41, 5.74) is 5.63. The molecule has 7 heteroatoms. The molecule has 5 aromatic heterocycles. The minimum atomic E-state index is -0.194. The third-order valence-electron chi connectivity index (χ3n) is 7.83. The van der Waals surface area contributed by atoms with Gasteiger partial charge in [0.2, 0.25) is 0 Å². The molecule has 0 aliphatic rings. The van der Waals surface area contributed by atoms with E-state index in [4.69, 9.17) is 9.72 Å². The molecule has 0 aliphatic heterocycles. The van der Waals surface area contributed by atoms with Crippen LogP contribution in [0.3, 0.4) is 0 Å². The van der Waals surface area contributed by atoms with Gasteiger partial charge in [0.1, 0.15) is 23.1 Å². The standard InChI is InChI=1S/C35H28N6O/c1-21-12-17-29-32(37-21)26-16-14-22(19-27(26)33-38-39-34(41(29)33)35(2,3)4)42-23-13-15-25-24-9-5-6-10-28(24)40(30(25)20-23)31-11-7-8-18-36-31/h5-20H,1-4H3. The van der Waals surface area contributed by atoms with E-state index in [0.29, 0.717) is 0 Å². The lowest BCUT2D eigenvalue weighted by Crippen LogP contribution is -2.16. The first kappa shape index (κ1) is 24.5. The van der Waals surface area contributed by atoms with Crippen LogP contribution in [-0.2, 0) is 5.41 Å². The molecule has 0 radical (unpaired) electrons. The van der Waals surface area contributed by atoms with E-state index in [1.165, 1.54) is 5.39 Å². The summed E-state index contributed by atoms with van der Waals surface area (Å²) < 4.78 is 10.9. The van der Waals surface area contributed by atoms with Crippen molar-refractivity contribution in [2.75, 3.05) is 0 Å². The molecule has 3 aromatic carbocycles. The molecule has 0 amide bonds. The largest absolute Gasteiger partial charge is 0.457 e. The van der Waals surface area contributed by atoms with Crippen molar-refractivity contribution in [3.63, 3.8) is 0 Å². The van der Waals surface area contributed by atoms with E-state index in [1.807, 2.05) is 55.6 Å². The second-order valence-electron chi connectivity index (χ2n) is 11.8. The number of fused-ring (bicyclic) bond motifs is 9. The number of para-hydroxylation sites is 1. The Morgan fingerprint density at radius 3 is 2.24 bits per heavy atom. The van der Waals surface area contributed by atoms with Gasteiger partial charge in [0.05, 0.1) is 22.1 Å². The van der Waals surface area contributed by atoms with Crippen LogP contribution in [0.2, 0.25) is 0 Å². The Kier molecular flexibility index (Phi) is 5.16. The monoisotopic (exact) mass is 548 g/mol. The molecular formula is C35H28N6O. The van der Waals surface area contributed by atoms with Crippen molar-refractivity contribution in [2.45, 2.75) is 33.1 Å². The van der Waals surface area contributed by atoms with Gasteiger partial charge in [-0.25, -0.2) is 4.98 Å². The maximum absolute atomic E-state index is 6.53. The Morgan fingerprint density at radius 1 is 0.667 bits per heavy atom. The molecule has 204 valence electrons. The lowest BCUT2D eigenvalue weighted by Gasteiger charge is -2.18. The Bertz CT molecular complexity index is 2330. The fourth-order valence-corrected chi connectivity index (χ4v) is 5.96. The minimum absolute atomic E-state index is 0.194. The van der Waals surface area contributed by atoms with Crippen molar-refractivity contribution >= 4 is 49.3 Å². The van der Waals surface area contributed by atoms with E-state index in [2.05, 4.69) is 93.5 Å². The molecule has 0 aliphatic carbocycles. The number of ether oxygens (including phenoxy) is 1. The molecule has 8 rings (SSSR count). The number of hydrogen-bond acceptors (Lipinski definition) is 5. The van der Waals surface area contributed by atoms with Gasteiger partial charge in [0.25, 0.3) is 0 Å². The fourth-order valence-electron chi connectivity index (χ4n) is 5.96. The molecule has 7 nitrogen and oxygen atoms in total. The summed E-state index contributed by atoms with van der Waals surface area (Å²) in [6.07, 6.45) is 1.82. The molecule has 5 heterocycles. The van der Waals surface area contributed by atoms with Crippen LogP contribution in [-0.4, -0.2) is 29.1 Å². The van der Waals surface area contributed by atoms with Crippen LogP contribution < -0.4 is 4.74 Å². The molecule has 0 saturated carbocycles. The summed E-state index contributed by atoms with van der Waals surface area (Å²) in [5.74, 6) is 3.22. The topological polar surface area (TPSA) is 70.1 Å². The van der Waals surface area contributed by atoms with Crippen molar-refractivity contribution in [1.29, 1.82) is 0 Å². The van der Waals surface area contributed by atoms with Crippen LogP contribution >= 0.6 is 0 Å².